The Labute approximate surface area is 126 Å². The third kappa shape index (κ3) is 3.68. The quantitative estimate of drug-likeness (QED) is 0.721. The van der Waals surface area contributed by atoms with Gasteiger partial charge in [0.2, 0.25) is 0 Å². The molecule has 108 valence electrons. The van der Waals surface area contributed by atoms with Crippen LogP contribution in [0.15, 0.2) is 41.3 Å². The van der Waals surface area contributed by atoms with E-state index in [0.29, 0.717) is 0 Å². The van der Waals surface area contributed by atoms with Crippen molar-refractivity contribution in [2.45, 2.75) is 38.3 Å². The van der Waals surface area contributed by atoms with Crippen LogP contribution >= 0.6 is 11.8 Å². The molecule has 0 atom stereocenters. The SMILES string of the molecule is CSc1ccc(-c2ccc(C)n2CCOC(C)C)cc1. The highest BCUT2D eigenvalue weighted by Gasteiger charge is 2.07. The summed E-state index contributed by atoms with van der Waals surface area (Å²) in [6, 6.07) is 13.1. The molecule has 0 saturated heterocycles. The third-order valence-electron chi connectivity index (χ3n) is 3.35. The lowest BCUT2D eigenvalue weighted by Gasteiger charge is -2.14. The summed E-state index contributed by atoms with van der Waals surface area (Å²) >= 11 is 1.77. The zero-order valence-electron chi connectivity index (χ0n) is 12.7. The van der Waals surface area contributed by atoms with Gasteiger partial charge in [-0.15, -0.1) is 11.8 Å². The number of thioether (sulfide) groups is 1. The van der Waals surface area contributed by atoms with Crippen LogP contribution < -0.4 is 0 Å². The molecule has 0 aliphatic heterocycles. The first kappa shape index (κ1) is 15.2. The summed E-state index contributed by atoms with van der Waals surface area (Å²) in [7, 11) is 0. The Hall–Kier alpha value is -1.19. The summed E-state index contributed by atoms with van der Waals surface area (Å²) < 4.78 is 8.00. The van der Waals surface area contributed by atoms with E-state index in [2.05, 4.69) is 68.0 Å². The van der Waals surface area contributed by atoms with Crippen LogP contribution in [0.5, 0.6) is 0 Å². The van der Waals surface area contributed by atoms with Gasteiger partial charge in [0.1, 0.15) is 0 Å². The van der Waals surface area contributed by atoms with Gasteiger partial charge in [-0.25, -0.2) is 0 Å². The van der Waals surface area contributed by atoms with E-state index in [1.807, 2.05) is 0 Å². The number of benzene rings is 1. The predicted octanol–water partition coefficient (Wildman–Crippen LogP) is 4.61. The maximum Gasteiger partial charge on any atom is 0.0649 e. The van der Waals surface area contributed by atoms with Crippen molar-refractivity contribution in [1.29, 1.82) is 0 Å². The number of hydrogen-bond acceptors (Lipinski definition) is 2. The van der Waals surface area contributed by atoms with Crippen molar-refractivity contribution in [2.75, 3.05) is 12.9 Å². The summed E-state index contributed by atoms with van der Waals surface area (Å²) in [5, 5.41) is 0. The van der Waals surface area contributed by atoms with E-state index in [-0.39, 0.29) is 6.10 Å². The lowest BCUT2D eigenvalue weighted by Crippen LogP contribution is -2.12. The molecule has 0 aliphatic carbocycles. The molecule has 1 aromatic carbocycles. The first-order chi connectivity index (χ1) is 9.61. The fourth-order valence-electron chi connectivity index (χ4n) is 2.26. The van der Waals surface area contributed by atoms with Crippen LogP contribution in [0.3, 0.4) is 0 Å². The number of aryl methyl sites for hydroxylation is 1. The summed E-state index contributed by atoms with van der Waals surface area (Å²) in [4.78, 5) is 1.30. The predicted molar refractivity (Wildman–Crippen MR) is 87.5 cm³/mol. The molecule has 0 aliphatic rings. The third-order valence-corrected chi connectivity index (χ3v) is 4.09. The summed E-state index contributed by atoms with van der Waals surface area (Å²) in [5.41, 5.74) is 3.81. The molecule has 20 heavy (non-hydrogen) atoms. The van der Waals surface area contributed by atoms with Gasteiger partial charge in [0.15, 0.2) is 0 Å². The lowest BCUT2D eigenvalue weighted by molar-refractivity contribution is 0.0727. The number of rotatable bonds is 6. The van der Waals surface area contributed by atoms with Gasteiger partial charge < -0.3 is 9.30 Å². The largest absolute Gasteiger partial charge is 0.377 e. The molecular formula is C17H23NOS. The maximum atomic E-state index is 5.67. The van der Waals surface area contributed by atoms with Crippen LogP contribution in [-0.2, 0) is 11.3 Å². The molecule has 1 aromatic heterocycles. The van der Waals surface area contributed by atoms with Gasteiger partial charge in [-0.05, 0) is 56.9 Å². The van der Waals surface area contributed by atoms with Crippen LogP contribution in [0.2, 0.25) is 0 Å². The molecule has 0 N–H and O–H groups in total. The minimum Gasteiger partial charge on any atom is -0.377 e. The highest BCUT2D eigenvalue weighted by Crippen LogP contribution is 2.25. The maximum absolute atomic E-state index is 5.67. The molecule has 2 rings (SSSR count). The standard InChI is InChI=1S/C17H23NOS/c1-13(2)19-12-11-18-14(3)5-10-17(18)15-6-8-16(20-4)9-7-15/h5-10,13H,11-12H2,1-4H3. The van der Waals surface area contributed by atoms with E-state index in [0.717, 1.165) is 13.2 Å². The van der Waals surface area contributed by atoms with Crippen LogP contribution in [0.1, 0.15) is 19.5 Å². The van der Waals surface area contributed by atoms with Crippen molar-refractivity contribution in [3.05, 3.63) is 42.1 Å². The average Bonchev–Trinajstić information content (AvgIpc) is 2.80. The van der Waals surface area contributed by atoms with Crippen molar-refractivity contribution < 1.29 is 4.74 Å². The first-order valence-corrected chi connectivity index (χ1v) is 8.26. The van der Waals surface area contributed by atoms with Crippen LogP contribution in [0.25, 0.3) is 11.3 Å². The van der Waals surface area contributed by atoms with Crippen molar-refractivity contribution in [3.63, 3.8) is 0 Å². The van der Waals surface area contributed by atoms with Gasteiger partial charge >= 0.3 is 0 Å². The second kappa shape index (κ2) is 7.00. The van der Waals surface area contributed by atoms with Crippen molar-refractivity contribution in [2.24, 2.45) is 0 Å². The van der Waals surface area contributed by atoms with E-state index in [1.54, 1.807) is 11.8 Å². The highest BCUT2D eigenvalue weighted by atomic mass is 32.2. The van der Waals surface area contributed by atoms with Gasteiger partial charge in [0.05, 0.1) is 12.7 Å². The number of ether oxygens (including phenoxy) is 1. The summed E-state index contributed by atoms with van der Waals surface area (Å²) in [6.45, 7) is 7.95. The Morgan fingerprint density at radius 1 is 1.10 bits per heavy atom. The monoisotopic (exact) mass is 289 g/mol. The van der Waals surface area contributed by atoms with Crippen molar-refractivity contribution in [1.82, 2.24) is 4.57 Å². The molecule has 0 radical (unpaired) electrons. The Morgan fingerprint density at radius 3 is 2.40 bits per heavy atom. The number of hydrogen-bond donors (Lipinski definition) is 0. The molecule has 0 unspecified atom stereocenters. The van der Waals surface area contributed by atoms with E-state index < -0.39 is 0 Å². The van der Waals surface area contributed by atoms with Crippen LogP contribution in [0.4, 0.5) is 0 Å². The molecule has 2 aromatic rings. The average molecular weight is 289 g/mol. The Morgan fingerprint density at radius 2 is 1.80 bits per heavy atom. The highest BCUT2D eigenvalue weighted by molar-refractivity contribution is 7.98. The molecule has 2 nitrogen and oxygen atoms in total. The minimum absolute atomic E-state index is 0.287. The van der Waals surface area contributed by atoms with Gasteiger partial charge in [0, 0.05) is 22.8 Å². The van der Waals surface area contributed by atoms with Gasteiger partial charge in [0.25, 0.3) is 0 Å². The second-order valence-corrected chi connectivity index (χ2v) is 6.04. The molecule has 0 saturated carbocycles. The van der Waals surface area contributed by atoms with Crippen molar-refractivity contribution in [3.8, 4) is 11.3 Å². The smallest absolute Gasteiger partial charge is 0.0649 e. The van der Waals surface area contributed by atoms with E-state index in [9.17, 15) is 0 Å². The van der Waals surface area contributed by atoms with E-state index in [1.165, 1.54) is 21.8 Å². The van der Waals surface area contributed by atoms with E-state index in [4.69, 9.17) is 4.74 Å². The van der Waals surface area contributed by atoms with Crippen molar-refractivity contribution >= 4 is 11.8 Å². The Balaban J connectivity index is 2.18. The molecule has 0 spiro atoms. The summed E-state index contributed by atoms with van der Waals surface area (Å²) in [6.07, 6.45) is 2.39. The summed E-state index contributed by atoms with van der Waals surface area (Å²) in [5.74, 6) is 0. The van der Waals surface area contributed by atoms with E-state index >= 15 is 0 Å². The Bertz CT molecular complexity index is 543. The molecule has 0 bridgehead atoms. The molecular weight excluding hydrogens is 266 g/mol. The van der Waals surface area contributed by atoms with Gasteiger partial charge in [-0.1, -0.05) is 12.1 Å². The first-order valence-electron chi connectivity index (χ1n) is 7.04. The van der Waals surface area contributed by atoms with Crippen LogP contribution in [0, 0.1) is 6.92 Å². The zero-order valence-corrected chi connectivity index (χ0v) is 13.5. The molecule has 1 heterocycles. The van der Waals surface area contributed by atoms with Gasteiger partial charge in [-0.3, -0.25) is 0 Å². The fourth-order valence-corrected chi connectivity index (χ4v) is 2.67. The normalized spacial score (nSPS) is 11.2. The second-order valence-electron chi connectivity index (χ2n) is 5.16. The Kier molecular flexibility index (Phi) is 5.32. The fraction of sp³-hybridized carbons (Fsp3) is 0.412. The molecule has 3 heteroatoms. The van der Waals surface area contributed by atoms with Crippen LogP contribution in [-0.4, -0.2) is 23.5 Å². The molecule has 0 amide bonds. The minimum atomic E-state index is 0.287. The lowest BCUT2D eigenvalue weighted by atomic mass is 10.1. The zero-order chi connectivity index (χ0) is 14.5. The number of aromatic nitrogens is 1. The van der Waals surface area contributed by atoms with Gasteiger partial charge in [-0.2, -0.15) is 0 Å². The topological polar surface area (TPSA) is 14.2 Å². The number of nitrogens with zero attached hydrogens (tertiary/aromatic N) is 1. The molecule has 0 fully saturated rings.